The van der Waals surface area contributed by atoms with E-state index in [1.165, 1.54) is 19.3 Å². The van der Waals surface area contributed by atoms with Crippen LogP contribution in [0.3, 0.4) is 0 Å². The molecule has 4 heteroatoms. The molecule has 19 heavy (non-hydrogen) atoms. The molecule has 1 atom stereocenters. The molecule has 0 bridgehead atoms. The van der Waals surface area contributed by atoms with Gasteiger partial charge in [-0.3, -0.25) is 9.69 Å². The Bertz CT molecular complexity index is 309. The maximum absolute atomic E-state index is 12.5. The van der Waals surface area contributed by atoms with Crippen LogP contribution in [0.25, 0.3) is 0 Å². The number of carbonyl (C=O) groups excluding carboxylic acids is 1. The molecule has 0 spiro atoms. The lowest BCUT2D eigenvalue weighted by Gasteiger charge is -2.32. The average Bonchev–Trinajstić information content (AvgIpc) is 2.98. The number of hydrogen-bond donors (Lipinski definition) is 0. The minimum atomic E-state index is 0.331. The zero-order valence-corrected chi connectivity index (χ0v) is 11.9. The predicted octanol–water partition coefficient (Wildman–Crippen LogP) is 1.50. The molecule has 0 aromatic carbocycles. The van der Waals surface area contributed by atoms with Crippen molar-refractivity contribution in [2.24, 2.45) is 5.92 Å². The van der Waals surface area contributed by atoms with E-state index in [1.807, 2.05) is 0 Å². The SMILES string of the molecule is O=C(C1CCCCC1)N1CCC(N2CCOCC2)C1. The predicted molar refractivity (Wildman–Crippen MR) is 74.0 cm³/mol. The minimum absolute atomic E-state index is 0.331. The number of hydrogen-bond acceptors (Lipinski definition) is 3. The Labute approximate surface area is 116 Å². The van der Waals surface area contributed by atoms with Crippen LogP contribution in [0.5, 0.6) is 0 Å². The lowest BCUT2D eigenvalue weighted by Crippen LogP contribution is -2.45. The third-order valence-electron chi connectivity index (χ3n) is 4.99. The second-order valence-corrected chi connectivity index (χ2v) is 6.21. The van der Waals surface area contributed by atoms with Gasteiger partial charge in [-0.1, -0.05) is 19.3 Å². The van der Waals surface area contributed by atoms with Crippen molar-refractivity contribution in [3.8, 4) is 0 Å². The summed E-state index contributed by atoms with van der Waals surface area (Å²) in [6.07, 6.45) is 7.21. The van der Waals surface area contributed by atoms with E-state index >= 15 is 0 Å². The van der Waals surface area contributed by atoms with Crippen LogP contribution in [0.2, 0.25) is 0 Å². The van der Waals surface area contributed by atoms with Crippen molar-refractivity contribution in [1.29, 1.82) is 0 Å². The van der Waals surface area contributed by atoms with Gasteiger partial charge in [-0.2, -0.15) is 0 Å². The Morgan fingerprint density at radius 3 is 2.42 bits per heavy atom. The fourth-order valence-electron chi connectivity index (χ4n) is 3.79. The molecule has 0 radical (unpaired) electrons. The fraction of sp³-hybridized carbons (Fsp3) is 0.933. The van der Waals surface area contributed by atoms with E-state index in [2.05, 4.69) is 9.80 Å². The van der Waals surface area contributed by atoms with Crippen LogP contribution in [0.4, 0.5) is 0 Å². The van der Waals surface area contributed by atoms with Gasteiger partial charge in [-0.25, -0.2) is 0 Å². The van der Waals surface area contributed by atoms with Crippen molar-refractivity contribution in [3.63, 3.8) is 0 Å². The molecule has 108 valence electrons. The number of carbonyl (C=O) groups is 1. The van der Waals surface area contributed by atoms with Crippen LogP contribution < -0.4 is 0 Å². The molecule has 1 aliphatic carbocycles. The Balaban J connectivity index is 1.51. The van der Waals surface area contributed by atoms with Gasteiger partial charge >= 0.3 is 0 Å². The molecule has 3 fully saturated rings. The van der Waals surface area contributed by atoms with Gasteiger partial charge in [0.2, 0.25) is 5.91 Å². The highest BCUT2D eigenvalue weighted by Gasteiger charge is 2.34. The van der Waals surface area contributed by atoms with E-state index in [4.69, 9.17) is 4.74 Å². The van der Waals surface area contributed by atoms with Crippen molar-refractivity contribution in [2.45, 2.75) is 44.6 Å². The molecule has 0 aromatic rings. The summed E-state index contributed by atoms with van der Waals surface area (Å²) in [5, 5.41) is 0. The molecule has 0 aromatic heterocycles. The van der Waals surface area contributed by atoms with E-state index in [9.17, 15) is 4.79 Å². The van der Waals surface area contributed by atoms with E-state index in [0.717, 1.165) is 58.7 Å². The van der Waals surface area contributed by atoms with Crippen LogP contribution in [-0.2, 0) is 9.53 Å². The first-order chi connectivity index (χ1) is 9.34. The molecule has 1 amide bonds. The Morgan fingerprint density at radius 1 is 0.947 bits per heavy atom. The molecule has 2 saturated heterocycles. The second-order valence-electron chi connectivity index (χ2n) is 6.21. The molecule has 1 unspecified atom stereocenters. The highest BCUT2D eigenvalue weighted by molar-refractivity contribution is 5.79. The fourth-order valence-corrected chi connectivity index (χ4v) is 3.79. The summed E-state index contributed by atoms with van der Waals surface area (Å²) in [6, 6.07) is 0.580. The van der Waals surface area contributed by atoms with Gasteiger partial charge < -0.3 is 9.64 Å². The van der Waals surface area contributed by atoms with E-state index in [0.29, 0.717) is 17.9 Å². The molecule has 3 rings (SSSR count). The summed E-state index contributed by atoms with van der Waals surface area (Å²) in [6.45, 7) is 5.71. The standard InChI is InChI=1S/C15H26N2O2/c18-15(13-4-2-1-3-5-13)17-7-6-14(12-17)16-8-10-19-11-9-16/h13-14H,1-12H2. The van der Waals surface area contributed by atoms with Crippen LogP contribution in [-0.4, -0.2) is 61.1 Å². The number of likely N-dealkylation sites (tertiary alicyclic amines) is 1. The van der Waals surface area contributed by atoms with Crippen LogP contribution in [0, 0.1) is 5.92 Å². The third-order valence-corrected chi connectivity index (χ3v) is 4.99. The number of morpholine rings is 1. The summed E-state index contributed by atoms with van der Waals surface area (Å²) < 4.78 is 5.41. The van der Waals surface area contributed by atoms with E-state index in [1.54, 1.807) is 0 Å². The third kappa shape index (κ3) is 3.11. The summed E-state index contributed by atoms with van der Waals surface area (Å²) in [5.74, 6) is 0.771. The highest BCUT2D eigenvalue weighted by atomic mass is 16.5. The normalized spacial score (nSPS) is 30.7. The molecular weight excluding hydrogens is 240 g/mol. The van der Waals surface area contributed by atoms with Gasteiger partial charge in [0.1, 0.15) is 0 Å². The molecule has 2 aliphatic heterocycles. The van der Waals surface area contributed by atoms with Gasteiger partial charge in [0.05, 0.1) is 13.2 Å². The quantitative estimate of drug-likeness (QED) is 0.759. The number of rotatable bonds is 2. The maximum Gasteiger partial charge on any atom is 0.225 e. The summed E-state index contributed by atoms with van der Waals surface area (Å²) in [7, 11) is 0. The molecule has 1 saturated carbocycles. The minimum Gasteiger partial charge on any atom is -0.379 e. The monoisotopic (exact) mass is 266 g/mol. The van der Waals surface area contributed by atoms with Gasteiger partial charge in [-0.15, -0.1) is 0 Å². The molecular formula is C15H26N2O2. The first-order valence-electron chi connectivity index (χ1n) is 7.95. The number of nitrogens with zero attached hydrogens (tertiary/aromatic N) is 2. The van der Waals surface area contributed by atoms with Crippen molar-refractivity contribution in [3.05, 3.63) is 0 Å². The zero-order valence-electron chi connectivity index (χ0n) is 11.9. The molecule has 3 aliphatic rings. The molecule has 4 nitrogen and oxygen atoms in total. The van der Waals surface area contributed by atoms with Gasteiger partial charge in [0.25, 0.3) is 0 Å². The van der Waals surface area contributed by atoms with Crippen molar-refractivity contribution in [2.75, 3.05) is 39.4 Å². The summed E-state index contributed by atoms with van der Waals surface area (Å²) >= 11 is 0. The topological polar surface area (TPSA) is 32.8 Å². The second kappa shape index (κ2) is 6.23. The van der Waals surface area contributed by atoms with Crippen molar-refractivity contribution >= 4 is 5.91 Å². The smallest absolute Gasteiger partial charge is 0.225 e. The van der Waals surface area contributed by atoms with Crippen molar-refractivity contribution in [1.82, 2.24) is 9.80 Å². The van der Waals surface area contributed by atoms with Crippen LogP contribution in [0.15, 0.2) is 0 Å². The highest BCUT2D eigenvalue weighted by Crippen LogP contribution is 2.27. The molecule has 0 N–H and O–H groups in total. The Kier molecular flexibility index (Phi) is 4.38. The maximum atomic E-state index is 12.5. The molecule has 2 heterocycles. The van der Waals surface area contributed by atoms with Crippen molar-refractivity contribution < 1.29 is 9.53 Å². The lowest BCUT2D eigenvalue weighted by atomic mass is 9.88. The lowest BCUT2D eigenvalue weighted by molar-refractivity contribution is -0.135. The van der Waals surface area contributed by atoms with E-state index in [-0.39, 0.29) is 0 Å². The first kappa shape index (κ1) is 13.4. The Hall–Kier alpha value is -0.610. The number of amides is 1. The largest absolute Gasteiger partial charge is 0.379 e. The summed E-state index contributed by atoms with van der Waals surface area (Å²) in [4.78, 5) is 17.2. The average molecular weight is 266 g/mol. The van der Waals surface area contributed by atoms with Crippen LogP contribution >= 0.6 is 0 Å². The summed E-state index contributed by atoms with van der Waals surface area (Å²) in [5.41, 5.74) is 0. The van der Waals surface area contributed by atoms with E-state index < -0.39 is 0 Å². The van der Waals surface area contributed by atoms with Gasteiger partial charge in [-0.05, 0) is 19.3 Å². The zero-order chi connectivity index (χ0) is 13.1. The van der Waals surface area contributed by atoms with Gasteiger partial charge in [0, 0.05) is 38.1 Å². The Morgan fingerprint density at radius 2 is 1.68 bits per heavy atom. The number of ether oxygens (including phenoxy) is 1. The first-order valence-corrected chi connectivity index (χ1v) is 7.95. The van der Waals surface area contributed by atoms with Crippen LogP contribution in [0.1, 0.15) is 38.5 Å². The van der Waals surface area contributed by atoms with Gasteiger partial charge in [0.15, 0.2) is 0 Å².